The van der Waals surface area contributed by atoms with Crippen molar-refractivity contribution in [3.63, 3.8) is 0 Å². The van der Waals surface area contributed by atoms with E-state index in [0.717, 1.165) is 52.5 Å². The molecule has 8 aliphatic heterocycles. The van der Waals surface area contributed by atoms with Gasteiger partial charge in [-0.05, 0) is 191 Å². The van der Waals surface area contributed by atoms with Gasteiger partial charge in [0, 0.05) is 197 Å². The van der Waals surface area contributed by atoms with Crippen molar-refractivity contribution < 1.29 is 173 Å². The van der Waals surface area contributed by atoms with Gasteiger partial charge >= 0.3 is 23.9 Å². The largest absolute Gasteiger partial charge is 0.493 e. The van der Waals surface area contributed by atoms with E-state index in [9.17, 15) is 48.0 Å². The number of piperidine rings is 4. The van der Waals surface area contributed by atoms with Crippen molar-refractivity contribution in [1.82, 2.24) is 19.6 Å². The molecule has 19 atom stereocenters. The quantitative estimate of drug-likeness (QED) is 0.0303. The normalized spacial score (nSPS) is 47.0. The third-order valence-electron chi connectivity index (χ3n) is 18.7. The van der Waals surface area contributed by atoms with Crippen LogP contribution in [0.25, 0.3) is 0 Å². The van der Waals surface area contributed by atoms with Crippen molar-refractivity contribution in [1.29, 1.82) is 0 Å². The van der Waals surface area contributed by atoms with Crippen LogP contribution in [0.15, 0.2) is 48.4 Å². The van der Waals surface area contributed by atoms with Crippen LogP contribution in [0.4, 0.5) is 0 Å². The molecule has 0 aromatic heterocycles. The minimum Gasteiger partial charge on any atom is -0.493 e. The lowest BCUT2D eigenvalue weighted by molar-refractivity contribution is -0.161. The smallest absolute Gasteiger partial charge is 0.323 e. The van der Waals surface area contributed by atoms with Gasteiger partial charge in [0.05, 0.1) is 82.8 Å². The van der Waals surface area contributed by atoms with Gasteiger partial charge in [-0.15, -0.1) is 0 Å². The van der Waals surface area contributed by atoms with E-state index in [-0.39, 0.29) is 17.9 Å². The Morgan fingerprint density at radius 2 is 0.825 bits per heavy atom. The van der Waals surface area contributed by atoms with Crippen LogP contribution in [-0.2, 0) is 63.7 Å². The average molecular weight is 1750 g/mol. The van der Waals surface area contributed by atoms with E-state index in [2.05, 4.69) is 4.90 Å². The summed E-state index contributed by atoms with van der Waals surface area (Å²) < 4.78 is 676. The van der Waals surface area contributed by atoms with E-state index in [1.165, 1.54) is 41.5 Å². The zero-order valence-electron chi connectivity index (χ0n) is 140. The predicted molar refractivity (Wildman–Crippen MR) is 471 cm³/mol. The van der Waals surface area contributed by atoms with Gasteiger partial charge in [0.25, 0.3) is 0 Å². The summed E-state index contributed by atoms with van der Waals surface area (Å²) in [6.45, 7) is -30.5. The van der Waals surface area contributed by atoms with E-state index in [1.54, 1.807) is 14.2 Å². The first-order chi connectivity index (χ1) is 84.4. The highest BCUT2D eigenvalue weighted by Gasteiger charge is 2.47. The van der Waals surface area contributed by atoms with Crippen LogP contribution in [0.2, 0.25) is 0 Å². The maximum atomic E-state index is 13.5. The molecule has 120 heavy (non-hydrogen) atoms. The van der Waals surface area contributed by atoms with Crippen molar-refractivity contribution in [2.75, 3.05) is 109 Å². The van der Waals surface area contributed by atoms with Crippen LogP contribution in [0.1, 0.15) is 327 Å². The highest BCUT2D eigenvalue weighted by atomic mass is 16.6. The first kappa shape index (κ1) is 38.4. The highest BCUT2D eigenvalue weighted by Crippen LogP contribution is 2.50. The molecule has 0 amide bonds. The first-order valence-corrected chi connectivity index (χ1v) is 37.3. The molecule has 0 radical (unpaired) electrons. The Morgan fingerprint density at radius 1 is 0.467 bits per heavy atom. The SMILES string of the molecule is [2H]C([2H])([2H])C([2H])(C([2H])([2H])[2H])[C@]([2H])(N)C(=O)OC1CC2c3cc(OC)c(OC)cc3CCN2CC1CC(C)C.[2H]c1c(OC([2H])([2H])[2H])c(OC)c([2H])c2c1C([2H])([2H])C([2H])([2H])N1C([2H])([2H])C([2H])(C([2H])([2H])C([2H])(C)C([2H])([2H])[2H])C([2H])(OC(=O)[C@@H](N)C(C)C)C([2H])([2H])C21[2H].[2H]c1c(OC([2H])([2H])[2H])c(OC)c([2H])c2c1C([2H])([2H])C([2H])([2H])N1C([2H])([2H])C([2H])(C([2H])([2H])C([2H])(C)C([2H])([2H])[2H])C([2H])(OC(=O)[C@@H](N)C(C)C)C([2H])([2H])C21[2H].[2H]c1c(OC)c(OC)c([2H])c2c1C([2H])([2H])C([2H])([2H])N1C([2H])([2H])C([2H])(C([2H])([2H])C([2H])(C)C([2H])([2H])[2H])C([2H])(OC(=O)[C@@H](N)C(C)C)C([2H])([2H])C21[2H]. The van der Waals surface area contributed by atoms with Crippen molar-refractivity contribution in [3.8, 4) is 46.0 Å². The minimum absolute atomic E-state index is 0.159. The Hall–Kier alpha value is -7.16. The van der Waals surface area contributed by atoms with Gasteiger partial charge in [-0.2, -0.15) is 0 Å². The van der Waals surface area contributed by atoms with Gasteiger partial charge in [-0.1, -0.05) is 110 Å². The van der Waals surface area contributed by atoms with Gasteiger partial charge in [-0.25, -0.2) is 0 Å². The molecule has 672 valence electrons. The number of esters is 4. The number of fused-ring (bicyclic) bond motifs is 12. The summed E-state index contributed by atoms with van der Waals surface area (Å²) in [5.41, 5.74) is 16.8. The number of methoxy groups -OCH3 is 8. The molecule has 0 bridgehead atoms. The number of nitrogens with two attached hydrogens (primary N) is 4. The lowest BCUT2D eigenvalue weighted by Gasteiger charge is -2.47. The Kier molecular flexibility index (Phi) is 14.0. The number of carbonyl (C=O) groups is 4. The third kappa shape index (κ3) is 23.8. The Labute approximate surface area is 818 Å². The van der Waals surface area contributed by atoms with Crippen LogP contribution in [-0.4, -0.2) is 201 Å². The standard InChI is InChI=1S/4C24H38N2O4/c4*1-14(2)9-17-13-26-8-7-16-10-21(28-5)22(29-6)11-18(16)19(26)12-20(17)30-24(27)23(25)15(3)4/h4*10-11,14-15,17,19-20,23H,7-9,12-13,25H2,1-6H3/t4*17?,19?,20?,23-/m0000/s1/i2*1D3,5D3,7D2,8D2,9D2,10D,11D,12D2,13D2,14D,17D,19D,20D;1D3,7D2,8D2,9D2,10D,11D,12D2,13D2,14D,17D,19D,20D;3D3,4D3,15D,23D/t3*14?,17?,19?,20?,23-;m. The lowest BCUT2D eigenvalue weighted by Crippen LogP contribution is -2.51. The second kappa shape index (κ2) is 43.9. The van der Waals surface area contributed by atoms with E-state index < -0.39 is 413 Å². The van der Waals surface area contributed by atoms with Gasteiger partial charge in [-0.3, -0.25) is 38.8 Å². The van der Waals surface area contributed by atoms with Gasteiger partial charge in [0.15, 0.2) is 46.0 Å². The van der Waals surface area contributed by atoms with Gasteiger partial charge < -0.3 is 79.8 Å². The fraction of sp³-hybridized carbons (Fsp3) is 0.708. The van der Waals surface area contributed by atoms with Crippen LogP contribution >= 0.6 is 0 Å². The number of nitrogens with zero attached hydrogens (tertiary/aromatic N) is 4. The van der Waals surface area contributed by atoms with Crippen molar-refractivity contribution in [3.05, 3.63) is 92.9 Å². The molecule has 4 saturated heterocycles. The summed E-state index contributed by atoms with van der Waals surface area (Å²) >= 11 is 0. The molecule has 12 rings (SSSR count). The summed E-state index contributed by atoms with van der Waals surface area (Å²) in [7, 11) is -0.281. The second-order valence-corrected chi connectivity index (χ2v) is 28.9. The predicted octanol–water partition coefficient (Wildman–Crippen LogP) is 14.3. The van der Waals surface area contributed by atoms with Crippen molar-refractivity contribution >= 4 is 23.9 Å². The molecule has 4 aromatic carbocycles. The zero-order chi connectivity index (χ0) is 151. The van der Waals surface area contributed by atoms with Crippen LogP contribution < -0.4 is 60.8 Å². The molecule has 15 unspecified atom stereocenters. The molecule has 24 nitrogen and oxygen atoms in total. The molecule has 24 heteroatoms. The maximum Gasteiger partial charge on any atom is 0.323 e. The fourth-order valence-electron chi connectivity index (χ4n) is 12.4. The van der Waals surface area contributed by atoms with E-state index in [0.29, 0.717) is 51.7 Å². The van der Waals surface area contributed by atoms with Crippen LogP contribution in [0, 0.1) is 70.8 Å². The summed E-state index contributed by atoms with van der Waals surface area (Å²) in [4.78, 5) is 54.0. The molecule has 8 aliphatic rings. The van der Waals surface area contributed by atoms with Gasteiger partial charge in [0.1, 0.15) is 48.5 Å². The van der Waals surface area contributed by atoms with Crippen LogP contribution in [0.5, 0.6) is 46.0 Å². The Bertz CT molecular complexity index is 7270. The van der Waals surface area contributed by atoms with E-state index >= 15 is 0 Å². The number of hydrogen-bond donors (Lipinski definition) is 4. The van der Waals surface area contributed by atoms with Crippen LogP contribution in [0.3, 0.4) is 0 Å². The monoisotopic (exact) mass is 1740 g/mol. The van der Waals surface area contributed by atoms with Gasteiger partial charge in [0.2, 0.25) is 0 Å². The molecule has 0 spiro atoms. The summed E-state index contributed by atoms with van der Waals surface area (Å²) in [5.74, 6) is -43.2. The second-order valence-electron chi connectivity index (χ2n) is 28.9. The molecule has 0 saturated carbocycles. The third-order valence-corrected chi connectivity index (χ3v) is 18.7. The fourth-order valence-corrected chi connectivity index (χ4v) is 12.4. The highest BCUT2D eigenvalue weighted by molar-refractivity contribution is 5.77. The first-order valence-electron chi connectivity index (χ1n) is 72.8. The molecule has 8 heterocycles. The zero-order valence-corrected chi connectivity index (χ0v) is 69.1. The minimum atomic E-state index is -4.69. The molecule has 0 aliphatic carbocycles. The molecular weight excluding hydrogens is 1520 g/mol. The summed E-state index contributed by atoms with van der Waals surface area (Å²) in [5, 5.41) is 0. The Morgan fingerprint density at radius 3 is 1.16 bits per heavy atom. The van der Waals surface area contributed by atoms with E-state index in [4.69, 9.17) is 148 Å². The number of carbonyl (C=O) groups excluding carboxylic acids is 4. The number of benzene rings is 4. The molecule has 8 N–H and O–H groups in total. The van der Waals surface area contributed by atoms with Crippen molar-refractivity contribution in [2.45, 2.75) is 260 Å². The number of hydrogen-bond acceptors (Lipinski definition) is 24. The molecular formula is C96H152N8O16. The molecule has 4 fully saturated rings. The number of ether oxygens (including phenoxy) is 12. The Balaban J connectivity index is 0.000000278. The number of rotatable bonds is 28. The average Bonchev–Trinajstić information content (AvgIpc) is 0.629. The maximum absolute atomic E-state index is 13.5. The molecule has 4 aromatic rings. The summed E-state index contributed by atoms with van der Waals surface area (Å²) in [6, 6.07) is -25.6. The topological polar surface area (TPSA) is 296 Å². The lowest BCUT2D eigenvalue weighted by atomic mass is 9.79. The summed E-state index contributed by atoms with van der Waals surface area (Å²) in [6.07, 6.45) is -51.1. The van der Waals surface area contributed by atoms with E-state index in [1.807, 2.05) is 26.0 Å². The van der Waals surface area contributed by atoms with Crippen molar-refractivity contribution in [2.24, 2.45) is 93.8 Å².